The largest absolute Gasteiger partial charge is 0.350 e. The predicted octanol–water partition coefficient (Wildman–Crippen LogP) is 4.18. The maximum atomic E-state index is 6.30. The summed E-state index contributed by atoms with van der Waals surface area (Å²) < 4.78 is 2.17. The van der Waals surface area contributed by atoms with E-state index >= 15 is 0 Å². The van der Waals surface area contributed by atoms with Crippen molar-refractivity contribution in [3.05, 3.63) is 36.0 Å². The number of nitrogens with zero attached hydrogens (tertiary/aromatic N) is 1. The zero-order chi connectivity index (χ0) is 12.3. The number of benzene rings is 1. The molecule has 2 aromatic rings. The molecule has 1 aromatic heterocycles. The van der Waals surface area contributed by atoms with E-state index in [0.29, 0.717) is 0 Å². The number of fused-ring (bicyclic) bond motifs is 1. The molecule has 0 aliphatic rings. The van der Waals surface area contributed by atoms with Crippen molar-refractivity contribution >= 4 is 23.3 Å². The Morgan fingerprint density at radius 2 is 1.94 bits per heavy atom. The third-order valence-corrected chi connectivity index (χ3v) is 3.45. The highest BCUT2D eigenvalue weighted by Gasteiger charge is 2.12. The van der Waals surface area contributed by atoms with Crippen LogP contribution < -0.4 is 5.73 Å². The van der Waals surface area contributed by atoms with Gasteiger partial charge in [-0.25, -0.2) is 0 Å². The topological polar surface area (TPSA) is 30.9 Å². The van der Waals surface area contributed by atoms with Gasteiger partial charge < -0.3 is 10.3 Å². The number of aryl methyl sites for hydroxylation is 1. The molecule has 1 heterocycles. The standard InChI is InChI=1S/C15H22N2.ClH/c1-3-4-5-9-14(16)13-11-17(2)15-10-7-6-8-12(13)15;/h6-8,10-11,14H,3-5,9,16H2,1-2H3;1H/t14-;/m1./s1. The van der Waals surface area contributed by atoms with Crippen LogP contribution in [-0.4, -0.2) is 4.57 Å². The number of nitrogens with two attached hydrogens (primary N) is 1. The first kappa shape index (κ1) is 15.1. The van der Waals surface area contributed by atoms with Crippen molar-refractivity contribution in [2.24, 2.45) is 12.8 Å². The van der Waals surface area contributed by atoms with Crippen molar-refractivity contribution in [2.45, 2.75) is 38.6 Å². The van der Waals surface area contributed by atoms with Crippen LogP contribution in [0.3, 0.4) is 0 Å². The monoisotopic (exact) mass is 266 g/mol. The summed E-state index contributed by atoms with van der Waals surface area (Å²) in [5, 5.41) is 1.30. The lowest BCUT2D eigenvalue weighted by Crippen LogP contribution is -2.09. The van der Waals surface area contributed by atoms with E-state index in [4.69, 9.17) is 5.73 Å². The first-order chi connectivity index (χ1) is 8.24. The fraction of sp³-hybridized carbons (Fsp3) is 0.467. The zero-order valence-electron chi connectivity index (χ0n) is 11.2. The van der Waals surface area contributed by atoms with Crippen LogP contribution in [0.25, 0.3) is 10.9 Å². The fourth-order valence-corrected chi connectivity index (χ4v) is 2.44. The summed E-state index contributed by atoms with van der Waals surface area (Å²) in [7, 11) is 2.09. The molecule has 0 radical (unpaired) electrons. The first-order valence-corrected chi connectivity index (χ1v) is 6.53. The molecule has 0 saturated heterocycles. The number of rotatable bonds is 5. The van der Waals surface area contributed by atoms with E-state index in [1.807, 2.05) is 0 Å². The Hall–Kier alpha value is -0.990. The molecule has 0 aliphatic heterocycles. The molecule has 2 N–H and O–H groups in total. The molecule has 2 rings (SSSR count). The Kier molecular flexibility index (Phi) is 5.70. The number of hydrogen-bond acceptors (Lipinski definition) is 1. The smallest absolute Gasteiger partial charge is 0.0481 e. The van der Waals surface area contributed by atoms with E-state index < -0.39 is 0 Å². The van der Waals surface area contributed by atoms with Gasteiger partial charge in [0.15, 0.2) is 0 Å². The minimum atomic E-state index is 0. The van der Waals surface area contributed by atoms with Crippen LogP contribution in [0.2, 0.25) is 0 Å². The van der Waals surface area contributed by atoms with Gasteiger partial charge >= 0.3 is 0 Å². The Labute approximate surface area is 116 Å². The van der Waals surface area contributed by atoms with E-state index in [2.05, 4.69) is 49.0 Å². The first-order valence-electron chi connectivity index (χ1n) is 6.53. The Bertz CT molecular complexity index is 490. The highest BCUT2D eigenvalue weighted by Crippen LogP contribution is 2.27. The molecule has 2 nitrogen and oxygen atoms in total. The fourth-order valence-electron chi connectivity index (χ4n) is 2.44. The molecule has 0 saturated carbocycles. The maximum Gasteiger partial charge on any atom is 0.0481 e. The average Bonchev–Trinajstić information content (AvgIpc) is 2.68. The van der Waals surface area contributed by atoms with Crippen molar-refractivity contribution in [2.75, 3.05) is 0 Å². The van der Waals surface area contributed by atoms with Crippen molar-refractivity contribution in [1.82, 2.24) is 4.57 Å². The van der Waals surface area contributed by atoms with Crippen molar-refractivity contribution in [1.29, 1.82) is 0 Å². The third kappa shape index (κ3) is 3.06. The Morgan fingerprint density at radius 1 is 1.22 bits per heavy atom. The summed E-state index contributed by atoms with van der Waals surface area (Å²) in [5.41, 5.74) is 8.86. The lowest BCUT2D eigenvalue weighted by atomic mass is 10.0. The normalized spacial score (nSPS) is 12.4. The van der Waals surface area contributed by atoms with Crippen molar-refractivity contribution in [3.8, 4) is 0 Å². The summed E-state index contributed by atoms with van der Waals surface area (Å²) in [6.45, 7) is 2.23. The van der Waals surface area contributed by atoms with E-state index in [-0.39, 0.29) is 18.4 Å². The molecular weight excluding hydrogens is 244 g/mol. The summed E-state index contributed by atoms with van der Waals surface area (Å²) in [6, 6.07) is 8.66. The lowest BCUT2D eigenvalue weighted by molar-refractivity contribution is 0.583. The number of aromatic nitrogens is 1. The number of unbranched alkanes of at least 4 members (excludes halogenated alkanes) is 2. The van der Waals surface area contributed by atoms with Gasteiger partial charge in [0, 0.05) is 30.2 Å². The van der Waals surface area contributed by atoms with E-state index in [9.17, 15) is 0 Å². The lowest BCUT2D eigenvalue weighted by Gasteiger charge is -2.10. The van der Waals surface area contributed by atoms with E-state index in [0.717, 1.165) is 6.42 Å². The number of halogens is 1. The second-order valence-corrected chi connectivity index (χ2v) is 4.81. The molecule has 1 aromatic carbocycles. The number of para-hydroxylation sites is 1. The van der Waals surface area contributed by atoms with Gasteiger partial charge in [-0.1, -0.05) is 44.4 Å². The van der Waals surface area contributed by atoms with Gasteiger partial charge in [-0.2, -0.15) is 0 Å². The summed E-state index contributed by atoms with van der Waals surface area (Å²) in [4.78, 5) is 0. The number of hydrogen-bond donors (Lipinski definition) is 1. The van der Waals surface area contributed by atoms with Gasteiger partial charge in [0.2, 0.25) is 0 Å². The SMILES string of the molecule is CCCCC[C@@H](N)c1cn(C)c2ccccc12.Cl. The molecule has 0 fully saturated rings. The molecule has 0 spiro atoms. The molecule has 18 heavy (non-hydrogen) atoms. The molecule has 3 heteroatoms. The van der Waals surface area contributed by atoms with Crippen molar-refractivity contribution < 1.29 is 0 Å². The third-order valence-electron chi connectivity index (χ3n) is 3.45. The van der Waals surface area contributed by atoms with Crippen molar-refractivity contribution in [3.63, 3.8) is 0 Å². The highest BCUT2D eigenvalue weighted by molar-refractivity contribution is 5.85. The molecule has 0 aliphatic carbocycles. The van der Waals surface area contributed by atoms with Crippen LogP contribution in [-0.2, 0) is 7.05 Å². The quantitative estimate of drug-likeness (QED) is 0.809. The minimum Gasteiger partial charge on any atom is -0.350 e. The summed E-state index contributed by atoms with van der Waals surface area (Å²) >= 11 is 0. The van der Waals surface area contributed by atoms with Gasteiger partial charge in [0.1, 0.15) is 0 Å². The Morgan fingerprint density at radius 3 is 2.67 bits per heavy atom. The average molecular weight is 267 g/mol. The van der Waals surface area contributed by atoms with E-state index in [1.54, 1.807) is 0 Å². The molecule has 0 unspecified atom stereocenters. The van der Waals surface area contributed by atoms with Gasteiger partial charge in [0.25, 0.3) is 0 Å². The molecular formula is C15H23ClN2. The van der Waals surface area contributed by atoms with Crippen LogP contribution in [0.5, 0.6) is 0 Å². The second-order valence-electron chi connectivity index (χ2n) is 4.81. The van der Waals surface area contributed by atoms with Crippen LogP contribution in [0.15, 0.2) is 30.5 Å². The minimum absolute atomic E-state index is 0. The predicted molar refractivity (Wildman–Crippen MR) is 81.2 cm³/mol. The van der Waals surface area contributed by atoms with Crippen LogP contribution >= 0.6 is 12.4 Å². The second kappa shape index (κ2) is 6.81. The highest BCUT2D eigenvalue weighted by atomic mass is 35.5. The molecule has 0 bridgehead atoms. The van der Waals surface area contributed by atoms with Gasteiger partial charge in [-0.3, -0.25) is 0 Å². The molecule has 0 amide bonds. The summed E-state index contributed by atoms with van der Waals surface area (Å²) in [6.07, 6.45) is 7.02. The summed E-state index contributed by atoms with van der Waals surface area (Å²) in [5.74, 6) is 0. The van der Waals surface area contributed by atoms with Crippen LogP contribution in [0.4, 0.5) is 0 Å². The maximum absolute atomic E-state index is 6.30. The van der Waals surface area contributed by atoms with Gasteiger partial charge in [-0.15, -0.1) is 12.4 Å². The zero-order valence-corrected chi connectivity index (χ0v) is 12.0. The Balaban J connectivity index is 0.00000162. The molecule has 1 atom stereocenters. The van der Waals surface area contributed by atoms with Gasteiger partial charge in [-0.05, 0) is 18.1 Å². The molecule has 100 valence electrons. The van der Waals surface area contributed by atoms with Gasteiger partial charge in [0.05, 0.1) is 0 Å². The van der Waals surface area contributed by atoms with E-state index in [1.165, 1.54) is 35.7 Å². The van der Waals surface area contributed by atoms with Crippen LogP contribution in [0.1, 0.15) is 44.2 Å². The van der Waals surface area contributed by atoms with Crippen LogP contribution in [0, 0.1) is 0 Å².